The minimum absolute atomic E-state index is 0.864. The Labute approximate surface area is 107 Å². The molecule has 0 N–H and O–H groups in total. The molecule has 1 aromatic rings. The van der Waals surface area contributed by atoms with Gasteiger partial charge in [-0.3, -0.25) is 0 Å². The molecule has 0 aliphatic rings. The van der Waals surface area contributed by atoms with Crippen LogP contribution in [0.25, 0.3) is 0 Å². The maximum Gasteiger partial charge on any atom is 0.131 e. The van der Waals surface area contributed by atoms with Gasteiger partial charge >= 0.3 is 0 Å². The first-order valence-corrected chi connectivity index (χ1v) is 6.54. The van der Waals surface area contributed by atoms with E-state index in [0.29, 0.717) is 0 Å². The third-order valence-corrected chi connectivity index (χ3v) is 3.15. The molecule has 0 aromatic carbocycles. The number of aromatic nitrogens is 1. The van der Waals surface area contributed by atoms with Crippen LogP contribution in [0.1, 0.15) is 11.1 Å². The van der Waals surface area contributed by atoms with Crippen molar-refractivity contribution in [1.82, 2.24) is 9.88 Å². The van der Waals surface area contributed by atoms with Gasteiger partial charge in [0, 0.05) is 31.7 Å². The fourth-order valence-corrected chi connectivity index (χ4v) is 1.86. The summed E-state index contributed by atoms with van der Waals surface area (Å²) in [5, 5.41) is 0.864. The van der Waals surface area contributed by atoms with E-state index in [2.05, 4.69) is 64.8 Å². The average Bonchev–Trinajstić information content (AvgIpc) is 2.25. The van der Waals surface area contributed by atoms with Crippen LogP contribution in [0, 0.1) is 6.92 Å². The molecule has 0 aliphatic carbocycles. The number of halogens is 1. The van der Waals surface area contributed by atoms with Gasteiger partial charge in [0.2, 0.25) is 0 Å². The summed E-state index contributed by atoms with van der Waals surface area (Å²) in [6.07, 6.45) is 1.93. The van der Waals surface area contributed by atoms with Gasteiger partial charge in [0.1, 0.15) is 5.82 Å². The molecule has 0 saturated carbocycles. The highest BCUT2D eigenvalue weighted by molar-refractivity contribution is 9.08. The summed E-state index contributed by atoms with van der Waals surface area (Å²) in [5.74, 6) is 1.08. The summed E-state index contributed by atoms with van der Waals surface area (Å²) in [7, 11) is 6.26. The predicted octanol–water partition coefficient (Wildman–Crippen LogP) is 2.28. The van der Waals surface area contributed by atoms with Gasteiger partial charge in [-0.05, 0) is 32.1 Å². The Morgan fingerprint density at radius 3 is 2.44 bits per heavy atom. The Balaban J connectivity index is 2.71. The van der Waals surface area contributed by atoms with Crippen molar-refractivity contribution in [2.75, 3.05) is 39.1 Å². The Morgan fingerprint density at radius 2 is 1.94 bits per heavy atom. The van der Waals surface area contributed by atoms with Gasteiger partial charge in [-0.1, -0.05) is 22.0 Å². The highest BCUT2D eigenvalue weighted by Gasteiger charge is 2.06. The first-order valence-electron chi connectivity index (χ1n) is 5.42. The van der Waals surface area contributed by atoms with Gasteiger partial charge in [-0.2, -0.15) is 0 Å². The third-order valence-electron chi connectivity index (χ3n) is 2.51. The summed E-state index contributed by atoms with van der Waals surface area (Å²) >= 11 is 3.44. The number of rotatable bonds is 5. The number of anilines is 1. The van der Waals surface area contributed by atoms with E-state index in [0.717, 1.165) is 24.2 Å². The number of nitrogens with zero attached hydrogens (tertiary/aromatic N) is 3. The smallest absolute Gasteiger partial charge is 0.131 e. The van der Waals surface area contributed by atoms with Crippen LogP contribution in [0.4, 0.5) is 5.82 Å². The van der Waals surface area contributed by atoms with Crippen molar-refractivity contribution in [3.8, 4) is 0 Å². The predicted molar refractivity (Wildman–Crippen MR) is 73.4 cm³/mol. The number of hydrogen-bond acceptors (Lipinski definition) is 3. The quantitative estimate of drug-likeness (QED) is 0.774. The standard InChI is InChI=1S/C12H20BrN3/c1-10-7-11(8-13)9-14-12(10)16(4)6-5-15(2)3/h7,9H,5-6,8H2,1-4H3. The number of alkyl halides is 1. The van der Waals surface area contributed by atoms with E-state index in [4.69, 9.17) is 0 Å². The highest BCUT2D eigenvalue weighted by atomic mass is 79.9. The minimum Gasteiger partial charge on any atom is -0.358 e. The van der Waals surface area contributed by atoms with E-state index in [1.807, 2.05) is 6.20 Å². The lowest BCUT2D eigenvalue weighted by Gasteiger charge is -2.22. The zero-order valence-corrected chi connectivity index (χ0v) is 12.1. The molecule has 0 radical (unpaired) electrons. The van der Waals surface area contributed by atoms with E-state index in [9.17, 15) is 0 Å². The van der Waals surface area contributed by atoms with E-state index in [1.165, 1.54) is 11.1 Å². The monoisotopic (exact) mass is 285 g/mol. The second-order valence-corrected chi connectivity index (χ2v) is 4.90. The number of aryl methyl sites for hydroxylation is 1. The number of pyridine rings is 1. The van der Waals surface area contributed by atoms with Gasteiger partial charge in [-0.15, -0.1) is 0 Å². The van der Waals surface area contributed by atoms with Crippen molar-refractivity contribution < 1.29 is 0 Å². The molecule has 0 fully saturated rings. The molecule has 16 heavy (non-hydrogen) atoms. The van der Waals surface area contributed by atoms with Gasteiger partial charge in [0.05, 0.1) is 0 Å². The summed E-state index contributed by atoms with van der Waals surface area (Å²) in [4.78, 5) is 8.89. The van der Waals surface area contributed by atoms with Crippen LogP contribution in [-0.2, 0) is 5.33 Å². The maximum atomic E-state index is 4.50. The maximum absolute atomic E-state index is 4.50. The van der Waals surface area contributed by atoms with E-state index in [-0.39, 0.29) is 0 Å². The fourth-order valence-electron chi connectivity index (χ4n) is 1.55. The Bertz CT molecular complexity index is 339. The molecule has 0 saturated heterocycles. The normalized spacial score (nSPS) is 10.9. The van der Waals surface area contributed by atoms with Gasteiger partial charge in [0.15, 0.2) is 0 Å². The molecular weight excluding hydrogens is 266 g/mol. The van der Waals surface area contributed by atoms with Crippen molar-refractivity contribution in [3.05, 3.63) is 23.4 Å². The van der Waals surface area contributed by atoms with Crippen molar-refractivity contribution in [1.29, 1.82) is 0 Å². The molecule has 1 heterocycles. The molecule has 90 valence electrons. The number of likely N-dealkylation sites (N-methyl/N-ethyl adjacent to an activating group) is 2. The van der Waals surface area contributed by atoms with Crippen LogP contribution < -0.4 is 4.90 Å². The third kappa shape index (κ3) is 3.76. The lowest BCUT2D eigenvalue weighted by atomic mass is 10.2. The molecule has 0 spiro atoms. The highest BCUT2D eigenvalue weighted by Crippen LogP contribution is 2.17. The second kappa shape index (κ2) is 6.21. The molecule has 1 rings (SSSR count). The van der Waals surface area contributed by atoms with Crippen molar-refractivity contribution in [2.45, 2.75) is 12.3 Å². The Kier molecular flexibility index (Phi) is 5.22. The second-order valence-electron chi connectivity index (χ2n) is 4.34. The molecular formula is C12H20BrN3. The van der Waals surface area contributed by atoms with Crippen molar-refractivity contribution in [3.63, 3.8) is 0 Å². The van der Waals surface area contributed by atoms with E-state index >= 15 is 0 Å². The van der Waals surface area contributed by atoms with Gasteiger partial charge in [0.25, 0.3) is 0 Å². The minimum atomic E-state index is 0.864. The molecule has 3 nitrogen and oxygen atoms in total. The van der Waals surface area contributed by atoms with Gasteiger partial charge in [-0.25, -0.2) is 4.98 Å². The molecule has 0 bridgehead atoms. The number of hydrogen-bond donors (Lipinski definition) is 0. The zero-order chi connectivity index (χ0) is 12.1. The SMILES string of the molecule is Cc1cc(CBr)cnc1N(C)CCN(C)C. The average molecular weight is 286 g/mol. The molecule has 0 atom stereocenters. The molecule has 0 amide bonds. The Morgan fingerprint density at radius 1 is 1.25 bits per heavy atom. The van der Waals surface area contributed by atoms with Crippen molar-refractivity contribution in [2.24, 2.45) is 0 Å². The van der Waals surface area contributed by atoms with Crippen LogP contribution in [0.15, 0.2) is 12.3 Å². The molecule has 4 heteroatoms. The van der Waals surface area contributed by atoms with Crippen LogP contribution in [-0.4, -0.2) is 44.1 Å². The summed E-state index contributed by atoms with van der Waals surface area (Å²) in [6, 6.07) is 2.18. The van der Waals surface area contributed by atoms with E-state index < -0.39 is 0 Å². The first-order chi connectivity index (χ1) is 7.54. The summed E-state index contributed by atoms with van der Waals surface area (Å²) in [5.41, 5.74) is 2.46. The lowest BCUT2D eigenvalue weighted by molar-refractivity contribution is 0.416. The lowest BCUT2D eigenvalue weighted by Crippen LogP contribution is -2.29. The van der Waals surface area contributed by atoms with Crippen LogP contribution in [0.3, 0.4) is 0 Å². The zero-order valence-electron chi connectivity index (χ0n) is 10.5. The van der Waals surface area contributed by atoms with E-state index in [1.54, 1.807) is 0 Å². The van der Waals surface area contributed by atoms with Crippen molar-refractivity contribution >= 4 is 21.7 Å². The summed E-state index contributed by atoms with van der Waals surface area (Å²) < 4.78 is 0. The topological polar surface area (TPSA) is 19.4 Å². The molecule has 0 unspecified atom stereocenters. The van der Waals surface area contributed by atoms with Crippen LogP contribution in [0.5, 0.6) is 0 Å². The molecule has 0 aliphatic heterocycles. The van der Waals surface area contributed by atoms with Crippen LogP contribution in [0.2, 0.25) is 0 Å². The van der Waals surface area contributed by atoms with Gasteiger partial charge < -0.3 is 9.80 Å². The molecule has 1 aromatic heterocycles. The Hall–Kier alpha value is -0.610. The fraction of sp³-hybridized carbons (Fsp3) is 0.583. The summed E-state index contributed by atoms with van der Waals surface area (Å²) in [6.45, 7) is 4.15. The first kappa shape index (κ1) is 13.5. The largest absolute Gasteiger partial charge is 0.358 e. The van der Waals surface area contributed by atoms with Crippen LogP contribution >= 0.6 is 15.9 Å².